The quantitative estimate of drug-likeness (QED) is 0.847. The molecule has 0 saturated heterocycles. The van der Waals surface area contributed by atoms with Crippen LogP contribution in [0.4, 0.5) is 5.13 Å². The maximum absolute atomic E-state index is 12.0. The van der Waals surface area contributed by atoms with E-state index in [1.54, 1.807) is 14.2 Å². The Hall–Kier alpha value is -2.12. The summed E-state index contributed by atoms with van der Waals surface area (Å²) in [6.45, 7) is 3.80. The number of thiazole rings is 1. The number of hydrogen-bond acceptors (Lipinski definition) is 6. The number of nitrogens with zero attached hydrogens (tertiary/aromatic N) is 1. The Labute approximate surface area is 139 Å². The van der Waals surface area contributed by atoms with Crippen molar-refractivity contribution in [1.29, 1.82) is 0 Å². The second-order valence-electron chi connectivity index (χ2n) is 5.36. The molecule has 2 rings (SSSR count). The fourth-order valence-corrected chi connectivity index (χ4v) is 2.67. The van der Waals surface area contributed by atoms with Crippen LogP contribution in [0.25, 0.3) is 11.3 Å². The van der Waals surface area contributed by atoms with Crippen molar-refractivity contribution < 1.29 is 14.3 Å². The van der Waals surface area contributed by atoms with Gasteiger partial charge in [0, 0.05) is 10.9 Å². The Bertz CT molecular complexity index is 685. The highest BCUT2D eigenvalue weighted by molar-refractivity contribution is 7.14. The van der Waals surface area contributed by atoms with E-state index in [1.165, 1.54) is 11.3 Å². The predicted octanol–water partition coefficient (Wildman–Crippen LogP) is 2.75. The summed E-state index contributed by atoms with van der Waals surface area (Å²) >= 11 is 1.34. The van der Waals surface area contributed by atoms with Crippen LogP contribution in [0.2, 0.25) is 0 Å². The number of carbonyl (C=O) groups excluding carboxylic acids is 1. The van der Waals surface area contributed by atoms with E-state index in [0.29, 0.717) is 22.3 Å². The average Bonchev–Trinajstić information content (AvgIpc) is 3.01. The minimum Gasteiger partial charge on any atom is -0.497 e. The Morgan fingerprint density at radius 1 is 1.30 bits per heavy atom. The Morgan fingerprint density at radius 2 is 2.04 bits per heavy atom. The summed E-state index contributed by atoms with van der Waals surface area (Å²) in [4.78, 5) is 16.5. The Kier molecular flexibility index (Phi) is 5.57. The zero-order valence-electron chi connectivity index (χ0n) is 13.6. The summed E-state index contributed by atoms with van der Waals surface area (Å²) in [5, 5.41) is 5.11. The van der Waals surface area contributed by atoms with Gasteiger partial charge in [-0.05, 0) is 24.1 Å². The van der Waals surface area contributed by atoms with E-state index in [4.69, 9.17) is 15.2 Å². The number of methoxy groups -OCH3 is 2. The number of carbonyl (C=O) groups is 1. The number of aromatic nitrogens is 1. The lowest BCUT2D eigenvalue weighted by atomic mass is 10.1. The van der Waals surface area contributed by atoms with Gasteiger partial charge in [0.2, 0.25) is 5.91 Å². The molecule has 3 N–H and O–H groups in total. The molecule has 0 bridgehead atoms. The molecule has 0 aliphatic carbocycles. The molecule has 0 fully saturated rings. The molecule has 2 aromatic rings. The summed E-state index contributed by atoms with van der Waals surface area (Å²) in [5.41, 5.74) is 7.35. The number of anilines is 1. The molecule has 0 unspecified atom stereocenters. The molecular weight excluding hydrogens is 314 g/mol. The molecule has 124 valence electrons. The summed E-state index contributed by atoms with van der Waals surface area (Å²) in [6, 6.07) is 4.92. The van der Waals surface area contributed by atoms with Crippen LogP contribution in [0.3, 0.4) is 0 Å². The van der Waals surface area contributed by atoms with Crippen molar-refractivity contribution in [3.63, 3.8) is 0 Å². The minimum atomic E-state index is -0.561. The summed E-state index contributed by atoms with van der Waals surface area (Å²) in [6.07, 6.45) is 0. The standard InChI is InChI=1S/C16H21N3O3S/c1-9(2)14(17)15(20)19-16-18-12(8-23-16)11-7-10(21-3)5-6-13(11)22-4/h5-9,14H,17H2,1-4H3,(H,18,19,20)/t14-/m0/s1. The van der Waals surface area contributed by atoms with Crippen molar-refractivity contribution >= 4 is 22.4 Å². The first kappa shape index (κ1) is 17.2. The van der Waals surface area contributed by atoms with E-state index >= 15 is 0 Å². The molecule has 1 heterocycles. The maximum Gasteiger partial charge on any atom is 0.243 e. The lowest BCUT2D eigenvalue weighted by Crippen LogP contribution is -2.39. The first-order valence-corrected chi connectivity index (χ1v) is 8.08. The van der Waals surface area contributed by atoms with Gasteiger partial charge in [-0.1, -0.05) is 13.8 Å². The van der Waals surface area contributed by atoms with E-state index in [9.17, 15) is 4.79 Å². The molecule has 0 radical (unpaired) electrons. The van der Waals surface area contributed by atoms with Gasteiger partial charge in [-0.15, -0.1) is 11.3 Å². The van der Waals surface area contributed by atoms with Crippen molar-refractivity contribution in [3.8, 4) is 22.8 Å². The number of ether oxygens (including phenoxy) is 2. The normalized spacial score (nSPS) is 12.1. The third kappa shape index (κ3) is 4.00. The zero-order chi connectivity index (χ0) is 17.0. The van der Waals surface area contributed by atoms with E-state index in [1.807, 2.05) is 37.4 Å². The van der Waals surface area contributed by atoms with Gasteiger partial charge >= 0.3 is 0 Å². The molecule has 6 nitrogen and oxygen atoms in total. The van der Waals surface area contributed by atoms with Gasteiger partial charge in [0.15, 0.2) is 5.13 Å². The number of amides is 1. The van der Waals surface area contributed by atoms with E-state index < -0.39 is 6.04 Å². The van der Waals surface area contributed by atoms with Crippen molar-refractivity contribution in [3.05, 3.63) is 23.6 Å². The predicted molar refractivity (Wildman–Crippen MR) is 92.1 cm³/mol. The molecule has 0 aliphatic rings. The Morgan fingerprint density at radius 3 is 2.65 bits per heavy atom. The molecule has 1 amide bonds. The van der Waals surface area contributed by atoms with Gasteiger partial charge in [0.05, 0.1) is 26.0 Å². The minimum absolute atomic E-state index is 0.0629. The van der Waals surface area contributed by atoms with Gasteiger partial charge in [-0.3, -0.25) is 4.79 Å². The highest BCUT2D eigenvalue weighted by Crippen LogP contribution is 2.35. The van der Waals surface area contributed by atoms with Crippen LogP contribution in [0, 0.1) is 5.92 Å². The summed E-state index contributed by atoms with van der Waals surface area (Å²) < 4.78 is 10.6. The highest BCUT2D eigenvalue weighted by Gasteiger charge is 2.19. The van der Waals surface area contributed by atoms with Gasteiger partial charge in [0.25, 0.3) is 0 Å². The lowest BCUT2D eigenvalue weighted by Gasteiger charge is -2.13. The number of rotatable bonds is 6. The van der Waals surface area contributed by atoms with Crippen LogP contribution in [0.15, 0.2) is 23.6 Å². The molecule has 1 atom stereocenters. The van der Waals surface area contributed by atoms with Crippen LogP contribution < -0.4 is 20.5 Å². The van der Waals surface area contributed by atoms with Crippen molar-refractivity contribution in [2.24, 2.45) is 11.7 Å². The fraction of sp³-hybridized carbons (Fsp3) is 0.375. The second-order valence-corrected chi connectivity index (χ2v) is 6.22. The van der Waals surface area contributed by atoms with Crippen LogP contribution in [0.5, 0.6) is 11.5 Å². The van der Waals surface area contributed by atoms with Gasteiger partial charge < -0.3 is 20.5 Å². The van der Waals surface area contributed by atoms with Gasteiger partial charge in [0.1, 0.15) is 11.5 Å². The first-order chi connectivity index (χ1) is 11.0. The van der Waals surface area contributed by atoms with Crippen molar-refractivity contribution in [1.82, 2.24) is 4.98 Å². The molecule has 1 aromatic carbocycles. The maximum atomic E-state index is 12.0. The molecule has 7 heteroatoms. The molecule has 1 aromatic heterocycles. The fourth-order valence-electron chi connectivity index (χ4n) is 1.96. The smallest absolute Gasteiger partial charge is 0.243 e. The van der Waals surface area contributed by atoms with E-state index in [2.05, 4.69) is 10.3 Å². The molecule has 23 heavy (non-hydrogen) atoms. The third-order valence-electron chi connectivity index (χ3n) is 3.44. The molecular formula is C16H21N3O3S. The molecule has 0 spiro atoms. The Balaban J connectivity index is 2.24. The highest BCUT2D eigenvalue weighted by atomic mass is 32.1. The van der Waals surface area contributed by atoms with E-state index in [-0.39, 0.29) is 11.8 Å². The number of nitrogens with two attached hydrogens (primary N) is 1. The van der Waals surface area contributed by atoms with Crippen molar-refractivity contribution in [2.45, 2.75) is 19.9 Å². The number of nitrogens with one attached hydrogen (secondary N) is 1. The molecule has 0 saturated carbocycles. The van der Waals surface area contributed by atoms with Crippen LogP contribution >= 0.6 is 11.3 Å². The number of benzene rings is 1. The van der Waals surface area contributed by atoms with Crippen LogP contribution in [0.1, 0.15) is 13.8 Å². The summed E-state index contributed by atoms with van der Waals surface area (Å²) in [5.74, 6) is 1.22. The van der Waals surface area contributed by atoms with E-state index in [0.717, 1.165) is 5.56 Å². The van der Waals surface area contributed by atoms with Gasteiger partial charge in [-0.2, -0.15) is 0 Å². The summed E-state index contributed by atoms with van der Waals surface area (Å²) in [7, 11) is 3.20. The van der Waals surface area contributed by atoms with Crippen LogP contribution in [-0.2, 0) is 4.79 Å². The zero-order valence-corrected chi connectivity index (χ0v) is 14.4. The lowest BCUT2D eigenvalue weighted by molar-refractivity contribution is -0.118. The largest absolute Gasteiger partial charge is 0.497 e. The second kappa shape index (κ2) is 7.43. The van der Waals surface area contributed by atoms with Crippen molar-refractivity contribution in [2.75, 3.05) is 19.5 Å². The topological polar surface area (TPSA) is 86.5 Å². The number of hydrogen-bond donors (Lipinski definition) is 2. The van der Waals surface area contributed by atoms with Gasteiger partial charge in [-0.25, -0.2) is 4.98 Å². The first-order valence-electron chi connectivity index (χ1n) is 7.20. The molecule has 0 aliphatic heterocycles. The third-order valence-corrected chi connectivity index (χ3v) is 4.20. The average molecular weight is 335 g/mol. The SMILES string of the molecule is COc1ccc(OC)c(-c2csc(NC(=O)[C@@H](N)C(C)C)n2)c1. The van der Waals surface area contributed by atoms with Crippen LogP contribution in [-0.4, -0.2) is 31.2 Å². The monoisotopic (exact) mass is 335 g/mol.